The highest BCUT2D eigenvalue weighted by molar-refractivity contribution is 6.01. The minimum atomic E-state index is -1.24. The molecule has 0 bridgehead atoms. The van der Waals surface area contributed by atoms with E-state index in [0.29, 0.717) is 12.8 Å². The maximum absolute atomic E-state index is 11.4. The zero-order chi connectivity index (χ0) is 10.1. The van der Waals surface area contributed by atoms with Gasteiger partial charge in [-0.05, 0) is 12.8 Å². The Morgan fingerprint density at radius 1 is 1.23 bits per heavy atom. The topological polar surface area (TPSA) is 78.6 Å². The Morgan fingerprint density at radius 3 is 1.92 bits per heavy atom. The molecule has 2 N–H and O–H groups in total. The second-order valence-corrected chi connectivity index (χ2v) is 2.97. The number of carbonyl (C=O) groups excluding carboxylic acids is 2. The van der Waals surface area contributed by atoms with E-state index in [0.717, 1.165) is 0 Å². The van der Waals surface area contributed by atoms with Crippen molar-refractivity contribution in [1.29, 1.82) is 0 Å². The van der Waals surface area contributed by atoms with Crippen molar-refractivity contribution in [3.8, 4) is 0 Å². The third kappa shape index (κ3) is 1.39. The van der Waals surface area contributed by atoms with Crippen LogP contribution in [-0.4, -0.2) is 18.4 Å². The molecule has 1 rings (SSSR count). The molecule has 0 aromatic heterocycles. The molecule has 0 amide bonds. The van der Waals surface area contributed by atoms with Crippen molar-refractivity contribution in [2.24, 2.45) is 11.1 Å². The fourth-order valence-corrected chi connectivity index (χ4v) is 1.37. The van der Waals surface area contributed by atoms with E-state index in [-0.39, 0.29) is 0 Å². The largest absolute Gasteiger partial charge is 0.410 e. The lowest BCUT2D eigenvalue weighted by molar-refractivity contribution is -0.223. The first kappa shape index (κ1) is 9.98. The predicted octanol–water partition coefficient (Wildman–Crippen LogP) is 0.135. The van der Waals surface area contributed by atoms with Crippen LogP contribution < -0.4 is 5.73 Å². The summed E-state index contributed by atoms with van der Waals surface area (Å²) < 4.78 is 9.30. The van der Waals surface area contributed by atoms with Gasteiger partial charge in [0.25, 0.3) is 0 Å². The van der Waals surface area contributed by atoms with Crippen LogP contribution in [0.25, 0.3) is 0 Å². The van der Waals surface area contributed by atoms with Crippen LogP contribution in [0.2, 0.25) is 0 Å². The number of nitrogens with two attached hydrogens (primary N) is 1. The lowest BCUT2D eigenvalue weighted by Gasteiger charge is -2.33. The van der Waals surface area contributed by atoms with Gasteiger partial charge in [0.1, 0.15) is 0 Å². The quantitative estimate of drug-likeness (QED) is 0.491. The Balaban J connectivity index is 2.94. The molecule has 1 heterocycles. The van der Waals surface area contributed by atoms with E-state index in [1.165, 1.54) is 0 Å². The first-order chi connectivity index (χ1) is 6.06. The van der Waals surface area contributed by atoms with Gasteiger partial charge in [0.2, 0.25) is 0 Å². The third-order valence-electron chi connectivity index (χ3n) is 2.43. The number of esters is 2. The van der Waals surface area contributed by atoms with Crippen LogP contribution in [0, 0.1) is 5.41 Å². The monoisotopic (exact) mass is 187 g/mol. The maximum atomic E-state index is 11.4. The zero-order valence-electron chi connectivity index (χ0n) is 7.70. The summed E-state index contributed by atoms with van der Waals surface area (Å²) in [5, 5.41) is 0. The lowest BCUT2D eigenvalue weighted by atomic mass is 9.82. The van der Waals surface area contributed by atoms with Crippen LogP contribution in [0.3, 0.4) is 0 Å². The van der Waals surface area contributed by atoms with Crippen LogP contribution in [0.5, 0.6) is 0 Å². The average Bonchev–Trinajstić information content (AvgIpc) is 2.05. The fraction of sp³-hybridized carbons (Fsp3) is 0.750. The molecule has 0 spiro atoms. The maximum Gasteiger partial charge on any atom is 0.327 e. The van der Waals surface area contributed by atoms with Crippen LogP contribution in [0.4, 0.5) is 0 Å². The van der Waals surface area contributed by atoms with E-state index >= 15 is 0 Å². The van der Waals surface area contributed by atoms with E-state index in [2.05, 4.69) is 9.47 Å². The molecule has 1 aliphatic rings. The van der Waals surface area contributed by atoms with Crippen molar-refractivity contribution >= 4 is 11.9 Å². The number of carbonyl (C=O) groups is 2. The summed E-state index contributed by atoms with van der Waals surface area (Å²) in [4.78, 5) is 22.8. The minimum absolute atomic E-state index is 0.369. The first-order valence-electron chi connectivity index (χ1n) is 4.24. The van der Waals surface area contributed by atoms with Crippen molar-refractivity contribution in [1.82, 2.24) is 0 Å². The average molecular weight is 187 g/mol. The van der Waals surface area contributed by atoms with Gasteiger partial charge in [0, 0.05) is 0 Å². The van der Waals surface area contributed by atoms with Crippen molar-refractivity contribution in [2.45, 2.75) is 33.1 Å². The van der Waals surface area contributed by atoms with E-state index in [1.807, 2.05) is 0 Å². The molecule has 0 radical (unpaired) electrons. The summed E-state index contributed by atoms with van der Waals surface area (Å²) in [7, 11) is 0. The third-order valence-corrected chi connectivity index (χ3v) is 2.43. The van der Waals surface area contributed by atoms with E-state index in [4.69, 9.17) is 5.73 Å². The van der Waals surface area contributed by atoms with Gasteiger partial charge in [-0.3, -0.25) is 15.3 Å². The molecule has 13 heavy (non-hydrogen) atoms. The van der Waals surface area contributed by atoms with Gasteiger partial charge in [-0.1, -0.05) is 13.8 Å². The molecule has 1 saturated heterocycles. The van der Waals surface area contributed by atoms with E-state index in [9.17, 15) is 9.59 Å². The number of hydrogen-bond acceptors (Lipinski definition) is 5. The molecule has 0 aromatic carbocycles. The Kier molecular flexibility index (Phi) is 2.56. The normalized spacial score (nSPS) is 22.4. The molecular weight excluding hydrogens is 174 g/mol. The van der Waals surface area contributed by atoms with Gasteiger partial charge >= 0.3 is 18.4 Å². The van der Waals surface area contributed by atoms with E-state index in [1.54, 1.807) is 13.8 Å². The summed E-state index contributed by atoms with van der Waals surface area (Å²) >= 11 is 0. The number of ether oxygens (including phenoxy) is 2. The molecule has 1 fully saturated rings. The summed E-state index contributed by atoms with van der Waals surface area (Å²) in [5.41, 5.74) is 4.02. The Morgan fingerprint density at radius 2 is 1.62 bits per heavy atom. The summed E-state index contributed by atoms with van der Waals surface area (Å²) in [6.45, 7) is 3.48. The molecule has 0 aliphatic carbocycles. The first-order valence-corrected chi connectivity index (χ1v) is 4.24. The molecule has 0 unspecified atom stereocenters. The van der Waals surface area contributed by atoms with Gasteiger partial charge < -0.3 is 9.47 Å². The van der Waals surface area contributed by atoms with Gasteiger partial charge in [0.05, 0.1) is 0 Å². The Labute approximate surface area is 76.2 Å². The van der Waals surface area contributed by atoms with Gasteiger partial charge in [-0.15, -0.1) is 0 Å². The summed E-state index contributed by atoms with van der Waals surface area (Å²) in [6, 6.07) is 0. The Bertz CT molecular complexity index is 214. The van der Waals surface area contributed by atoms with Gasteiger partial charge in [-0.25, -0.2) is 0 Å². The van der Waals surface area contributed by atoms with Crippen LogP contribution in [0.1, 0.15) is 26.7 Å². The second-order valence-electron chi connectivity index (χ2n) is 2.97. The molecule has 0 saturated carbocycles. The summed E-state index contributed by atoms with van der Waals surface area (Å²) in [5.74, 6) is -1.16. The lowest BCUT2D eigenvalue weighted by Crippen LogP contribution is -2.52. The fourth-order valence-electron chi connectivity index (χ4n) is 1.37. The van der Waals surface area contributed by atoms with Crippen LogP contribution in [-0.2, 0) is 19.1 Å². The molecule has 1 aliphatic heterocycles. The molecule has 5 nitrogen and oxygen atoms in total. The zero-order valence-corrected chi connectivity index (χ0v) is 7.70. The van der Waals surface area contributed by atoms with E-state index < -0.39 is 23.8 Å². The highest BCUT2D eigenvalue weighted by Gasteiger charge is 2.50. The predicted molar refractivity (Wildman–Crippen MR) is 43.2 cm³/mol. The minimum Gasteiger partial charge on any atom is -0.410 e. The van der Waals surface area contributed by atoms with Gasteiger partial charge in [-0.2, -0.15) is 0 Å². The second kappa shape index (κ2) is 3.33. The molecular formula is C8H13NO4. The molecule has 0 aromatic rings. The highest BCUT2D eigenvalue weighted by Crippen LogP contribution is 2.33. The number of cyclic esters (lactones) is 2. The SMILES string of the molecule is CCC1(CC)C(=O)OC(N)OC1=O. The number of hydrogen-bond donors (Lipinski definition) is 1. The van der Waals surface area contributed by atoms with Crippen LogP contribution >= 0.6 is 0 Å². The van der Waals surface area contributed by atoms with Crippen molar-refractivity contribution in [3.05, 3.63) is 0 Å². The molecule has 0 atom stereocenters. The van der Waals surface area contributed by atoms with Gasteiger partial charge in [0.15, 0.2) is 5.41 Å². The highest BCUT2D eigenvalue weighted by atomic mass is 16.7. The standard InChI is InChI=1S/C8H13NO4/c1-3-8(4-2)5(10)12-7(9)13-6(8)11/h7H,3-4,9H2,1-2H3. The number of rotatable bonds is 2. The Hall–Kier alpha value is -1.10. The van der Waals surface area contributed by atoms with Crippen LogP contribution in [0.15, 0.2) is 0 Å². The van der Waals surface area contributed by atoms with Crippen molar-refractivity contribution in [3.63, 3.8) is 0 Å². The molecule has 5 heteroatoms. The summed E-state index contributed by atoms with van der Waals surface area (Å²) in [6.07, 6.45) is -0.506. The molecule has 74 valence electrons. The van der Waals surface area contributed by atoms with Crippen molar-refractivity contribution < 1.29 is 19.1 Å². The smallest absolute Gasteiger partial charge is 0.327 e. The van der Waals surface area contributed by atoms with Crippen molar-refractivity contribution in [2.75, 3.05) is 0 Å².